The maximum atomic E-state index is 12.0. The van der Waals surface area contributed by atoms with Crippen LogP contribution < -0.4 is 0 Å². The summed E-state index contributed by atoms with van der Waals surface area (Å²) in [7, 11) is 1.62. The molecule has 0 saturated carbocycles. The lowest BCUT2D eigenvalue weighted by atomic mass is 9.83. The van der Waals surface area contributed by atoms with Gasteiger partial charge in [-0.1, -0.05) is 19.4 Å². The summed E-state index contributed by atoms with van der Waals surface area (Å²) in [5, 5.41) is 0. The number of amides is 1. The zero-order chi connectivity index (χ0) is 13.5. The number of allylic oxidation sites excluding steroid dienone is 2. The maximum absolute atomic E-state index is 12.0. The Balaban J connectivity index is 3.08. The Morgan fingerprint density at radius 1 is 1.50 bits per heavy atom. The first-order valence-electron chi connectivity index (χ1n) is 6.76. The van der Waals surface area contributed by atoms with Crippen LogP contribution in [0.4, 0.5) is 0 Å². The van der Waals surface area contributed by atoms with Gasteiger partial charge in [0.25, 0.3) is 0 Å². The number of hydrogen-bond acceptors (Lipinski definition) is 2. The molecule has 0 saturated heterocycles. The van der Waals surface area contributed by atoms with Crippen LogP contribution >= 0.6 is 11.6 Å². The van der Waals surface area contributed by atoms with E-state index in [0.717, 1.165) is 25.7 Å². The summed E-state index contributed by atoms with van der Waals surface area (Å²) in [6, 6.07) is 0. The van der Waals surface area contributed by atoms with Crippen LogP contribution in [-0.2, 0) is 9.53 Å². The topological polar surface area (TPSA) is 29.5 Å². The Morgan fingerprint density at radius 3 is 2.72 bits per heavy atom. The molecule has 1 aliphatic carbocycles. The van der Waals surface area contributed by atoms with Crippen molar-refractivity contribution >= 4 is 17.5 Å². The Hall–Kier alpha value is -0.540. The first-order valence-corrected chi connectivity index (χ1v) is 7.30. The third-order valence-corrected chi connectivity index (χ3v) is 3.89. The van der Waals surface area contributed by atoms with Crippen molar-refractivity contribution in [3.8, 4) is 0 Å². The highest BCUT2D eigenvalue weighted by molar-refractivity contribution is 6.27. The molecule has 3 nitrogen and oxygen atoms in total. The Bertz CT molecular complexity index is 315. The fourth-order valence-electron chi connectivity index (χ4n) is 2.76. The highest BCUT2D eigenvalue weighted by atomic mass is 35.5. The molecule has 0 aromatic carbocycles. The molecule has 0 aromatic rings. The standard InChI is InChI=1S/C14H24ClNO2/c1-4-11-7-6-8-12(5-2)14(11)16(10-18-3)13(17)9-15/h11H,4-10H2,1-3H3. The molecule has 18 heavy (non-hydrogen) atoms. The fraction of sp³-hybridized carbons (Fsp3) is 0.786. The smallest absolute Gasteiger partial charge is 0.243 e. The number of rotatable bonds is 6. The minimum Gasteiger partial charge on any atom is -0.364 e. The predicted octanol–water partition coefficient (Wildman–Crippen LogP) is 3.53. The van der Waals surface area contributed by atoms with E-state index in [1.54, 1.807) is 12.0 Å². The predicted molar refractivity (Wildman–Crippen MR) is 74.4 cm³/mol. The van der Waals surface area contributed by atoms with E-state index in [-0.39, 0.29) is 11.8 Å². The first kappa shape index (κ1) is 15.5. The van der Waals surface area contributed by atoms with Gasteiger partial charge in [0.05, 0.1) is 0 Å². The number of ether oxygens (including phenoxy) is 1. The van der Waals surface area contributed by atoms with Crippen molar-refractivity contribution in [2.24, 2.45) is 5.92 Å². The molecule has 4 heteroatoms. The number of nitrogens with zero attached hydrogens (tertiary/aromatic N) is 1. The van der Waals surface area contributed by atoms with Crippen molar-refractivity contribution in [2.45, 2.75) is 46.0 Å². The number of carbonyl (C=O) groups is 1. The van der Waals surface area contributed by atoms with Gasteiger partial charge in [-0.2, -0.15) is 0 Å². The molecule has 0 heterocycles. The van der Waals surface area contributed by atoms with Crippen molar-refractivity contribution in [1.29, 1.82) is 0 Å². The second-order valence-corrected chi connectivity index (χ2v) is 4.98. The summed E-state index contributed by atoms with van der Waals surface area (Å²) in [6.07, 6.45) is 5.54. The number of halogens is 1. The number of carbonyl (C=O) groups excluding carboxylic acids is 1. The highest BCUT2D eigenvalue weighted by Crippen LogP contribution is 2.36. The quantitative estimate of drug-likeness (QED) is 0.547. The molecule has 1 atom stereocenters. The van der Waals surface area contributed by atoms with Gasteiger partial charge in [0.1, 0.15) is 12.6 Å². The van der Waals surface area contributed by atoms with Crippen LogP contribution in [0.1, 0.15) is 46.0 Å². The van der Waals surface area contributed by atoms with E-state index in [9.17, 15) is 4.79 Å². The third-order valence-electron chi connectivity index (χ3n) is 3.66. The van der Waals surface area contributed by atoms with Gasteiger partial charge in [-0.25, -0.2) is 0 Å². The number of hydrogen-bond donors (Lipinski definition) is 0. The van der Waals surface area contributed by atoms with Crippen LogP contribution in [0.5, 0.6) is 0 Å². The van der Waals surface area contributed by atoms with Gasteiger partial charge in [-0.05, 0) is 38.0 Å². The van der Waals surface area contributed by atoms with Crippen molar-refractivity contribution in [1.82, 2.24) is 4.90 Å². The third kappa shape index (κ3) is 3.48. The first-order chi connectivity index (χ1) is 8.69. The van der Waals surface area contributed by atoms with E-state index >= 15 is 0 Å². The van der Waals surface area contributed by atoms with Gasteiger partial charge < -0.3 is 4.74 Å². The zero-order valence-electron chi connectivity index (χ0n) is 11.7. The van der Waals surface area contributed by atoms with E-state index in [1.807, 2.05) is 0 Å². The largest absolute Gasteiger partial charge is 0.364 e. The second kappa shape index (κ2) is 7.80. The molecule has 0 bridgehead atoms. The van der Waals surface area contributed by atoms with E-state index in [1.165, 1.54) is 17.7 Å². The normalized spacial score (nSPS) is 20.1. The minimum absolute atomic E-state index is 0.0142. The Morgan fingerprint density at radius 2 is 2.22 bits per heavy atom. The summed E-state index contributed by atoms with van der Waals surface area (Å²) in [4.78, 5) is 13.8. The van der Waals surface area contributed by atoms with Crippen LogP contribution in [-0.4, -0.2) is 30.5 Å². The Labute approximate surface area is 115 Å². The summed E-state index contributed by atoms with van der Waals surface area (Å²) in [6.45, 7) is 4.64. The molecule has 0 fully saturated rings. The second-order valence-electron chi connectivity index (χ2n) is 4.71. The minimum atomic E-state index is -0.0557. The van der Waals surface area contributed by atoms with Gasteiger partial charge in [-0.15, -0.1) is 11.6 Å². The van der Waals surface area contributed by atoms with Crippen molar-refractivity contribution in [3.05, 3.63) is 11.3 Å². The number of alkyl halides is 1. The molecule has 0 aliphatic heterocycles. The molecule has 104 valence electrons. The molecular weight excluding hydrogens is 250 g/mol. The lowest BCUT2D eigenvalue weighted by molar-refractivity contribution is -0.131. The van der Waals surface area contributed by atoms with E-state index in [2.05, 4.69) is 13.8 Å². The van der Waals surface area contributed by atoms with Crippen LogP contribution in [0.3, 0.4) is 0 Å². The molecule has 1 aliphatic rings. The van der Waals surface area contributed by atoms with Crippen molar-refractivity contribution in [3.63, 3.8) is 0 Å². The van der Waals surface area contributed by atoms with Gasteiger partial charge in [0.2, 0.25) is 5.91 Å². The van der Waals surface area contributed by atoms with Crippen molar-refractivity contribution < 1.29 is 9.53 Å². The zero-order valence-corrected chi connectivity index (χ0v) is 12.4. The van der Waals surface area contributed by atoms with Gasteiger partial charge in [0, 0.05) is 12.8 Å². The SMILES string of the molecule is CCC1=C(N(COC)C(=O)CCl)C(CC)CCC1. The van der Waals surface area contributed by atoms with Gasteiger partial charge in [0.15, 0.2) is 0 Å². The summed E-state index contributed by atoms with van der Waals surface area (Å²) in [5.41, 5.74) is 2.57. The molecule has 0 aromatic heterocycles. The molecule has 0 spiro atoms. The van der Waals surface area contributed by atoms with Crippen LogP contribution in [0, 0.1) is 5.92 Å². The average molecular weight is 274 g/mol. The number of methoxy groups -OCH3 is 1. The van der Waals surface area contributed by atoms with Crippen LogP contribution in [0.15, 0.2) is 11.3 Å². The lowest BCUT2D eigenvalue weighted by Crippen LogP contribution is -2.37. The summed E-state index contributed by atoms with van der Waals surface area (Å²) < 4.78 is 5.18. The van der Waals surface area contributed by atoms with E-state index in [0.29, 0.717) is 12.6 Å². The molecular formula is C14H24ClNO2. The molecule has 1 rings (SSSR count). The maximum Gasteiger partial charge on any atom is 0.243 e. The van der Waals surface area contributed by atoms with Crippen LogP contribution in [0.25, 0.3) is 0 Å². The monoisotopic (exact) mass is 273 g/mol. The van der Waals surface area contributed by atoms with Gasteiger partial charge in [-0.3, -0.25) is 9.69 Å². The summed E-state index contributed by atoms with van der Waals surface area (Å²) in [5.74, 6) is 0.427. The molecule has 1 amide bonds. The Kier molecular flexibility index (Phi) is 6.72. The molecule has 0 radical (unpaired) electrons. The molecule has 0 N–H and O–H groups in total. The van der Waals surface area contributed by atoms with E-state index in [4.69, 9.17) is 16.3 Å². The lowest BCUT2D eigenvalue weighted by Gasteiger charge is -2.35. The van der Waals surface area contributed by atoms with E-state index < -0.39 is 0 Å². The fourth-order valence-corrected chi connectivity index (χ4v) is 2.90. The summed E-state index contributed by atoms with van der Waals surface area (Å²) >= 11 is 5.71. The average Bonchev–Trinajstić information content (AvgIpc) is 2.43. The van der Waals surface area contributed by atoms with Gasteiger partial charge >= 0.3 is 0 Å². The molecule has 1 unspecified atom stereocenters. The van der Waals surface area contributed by atoms with Crippen molar-refractivity contribution in [2.75, 3.05) is 19.7 Å². The van der Waals surface area contributed by atoms with Crippen LogP contribution in [0.2, 0.25) is 0 Å². The highest BCUT2D eigenvalue weighted by Gasteiger charge is 2.28.